The molecule has 7 nitrogen and oxygen atoms in total. The Morgan fingerprint density at radius 3 is 2.20 bits per heavy atom. The van der Waals surface area contributed by atoms with Crippen LogP contribution in [0.3, 0.4) is 0 Å². The molecule has 8 unspecified atom stereocenters. The maximum atomic E-state index is 13.5. The summed E-state index contributed by atoms with van der Waals surface area (Å²) in [4.78, 5) is 24.3. The van der Waals surface area contributed by atoms with Gasteiger partial charge in [0, 0.05) is 12.0 Å². The van der Waals surface area contributed by atoms with Gasteiger partial charge in [0.1, 0.15) is 0 Å². The van der Waals surface area contributed by atoms with Gasteiger partial charge in [0.2, 0.25) is 5.91 Å². The number of allylic oxidation sites excluding steroid dienone is 1. The van der Waals surface area contributed by atoms with Crippen molar-refractivity contribution in [2.24, 2.45) is 51.8 Å². The molecule has 4 aliphatic carbocycles. The molecular formula is C48H85NO6. The lowest BCUT2D eigenvalue weighted by atomic mass is 9.47. The molecule has 318 valence electrons. The number of hydrogen-bond acceptors (Lipinski definition) is 5. The highest BCUT2D eigenvalue weighted by Crippen LogP contribution is 2.67. The molecule has 0 aliphatic heterocycles. The van der Waals surface area contributed by atoms with Gasteiger partial charge in [-0.25, -0.2) is 0 Å². The predicted molar refractivity (Wildman–Crippen MR) is 225 cm³/mol. The van der Waals surface area contributed by atoms with Crippen LogP contribution in [-0.4, -0.2) is 59.6 Å². The van der Waals surface area contributed by atoms with E-state index < -0.39 is 28.2 Å². The topological polar surface area (TPSA) is 94.1 Å². The minimum absolute atomic E-state index is 0.00683. The molecule has 0 saturated heterocycles. The first-order valence-corrected chi connectivity index (χ1v) is 22.6. The molecule has 4 aliphatic rings. The molecule has 0 heterocycles. The maximum absolute atomic E-state index is 13.5. The summed E-state index contributed by atoms with van der Waals surface area (Å²) in [6, 6.07) is 0. The van der Waals surface area contributed by atoms with Crippen molar-refractivity contribution in [1.29, 1.82) is 0 Å². The molecule has 0 bridgehead atoms. The molecular weight excluding hydrogens is 687 g/mol. The lowest BCUT2D eigenvalue weighted by Crippen LogP contribution is -2.51. The minimum Gasteiger partial charge on any atom is -0.481 e. The predicted octanol–water partition coefficient (Wildman–Crippen LogP) is 11.6. The van der Waals surface area contributed by atoms with E-state index in [0.717, 1.165) is 48.3 Å². The number of ether oxygens (including phenoxy) is 3. The minimum atomic E-state index is -0.859. The highest BCUT2D eigenvalue weighted by atomic mass is 16.5. The van der Waals surface area contributed by atoms with Gasteiger partial charge in [0.15, 0.2) is 0 Å². The Morgan fingerprint density at radius 2 is 1.53 bits per heavy atom. The van der Waals surface area contributed by atoms with Crippen LogP contribution in [0.15, 0.2) is 11.6 Å². The lowest BCUT2D eigenvalue weighted by molar-refractivity contribution is -0.141. The number of hydrogen-bond donors (Lipinski definition) is 2. The van der Waals surface area contributed by atoms with E-state index >= 15 is 0 Å². The molecule has 3 saturated carbocycles. The van der Waals surface area contributed by atoms with Crippen LogP contribution < -0.4 is 5.32 Å². The Kier molecular flexibility index (Phi) is 15.3. The van der Waals surface area contributed by atoms with E-state index in [4.69, 9.17) is 19.3 Å². The van der Waals surface area contributed by atoms with Gasteiger partial charge in [0.05, 0.1) is 42.5 Å². The van der Waals surface area contributed by atoms with Crippen LogP contribution >= 0.6 is 0 Å². The van der Waals surface area contributed by atoms with Crippen LogP contribution in [0.4, 0.5) is 0 Å². The van der Waals surface area contributed by atoms with Gasteiger partial charge in [0.25, 0.3) is 0 Å². The summed E-state index contributed by atoms with van der Waals surface area (Å²) in [5.41, 5.74) is 0.613. The van der Waals surface area contributed by atoms with Crippen molar-refractivity contribution in [3.8, 4) is 0 Å². The van der Waals surface area contributed by atoms with Crippen LogP contribution in [0.25, 0.3) is 0 Å². The van der Waals surface area contributed by atoms with E-state index in [-0.39, 0.29) is 25.0 Å². The Bertz CT molecular complexity index is 1310. The largest absolute Gasteiger partial charge is 0.481 e. The number of carboxylic acid groups (broad SMARTS) is 1. The van der Waals surface area contributed by atoms with Gasteiger partial charge < -0.3 is 24.6 Å². The van der Waals surface area contributed by atoms with E-state index in [0.29, 0.717) is 43.2 Å². The molecule has 1 amide bonds. The van der Waals surface area contributed by atoms with Crippen molar-refractivity contribution in [3.05, 3.63) is 11.6 Å². The van der Waals surface area contributed by atoms with E-state index in [1.807, 2.05) is 41.5 Å². The van der Waals surface area contributed by atoms with Crippen molar-refractivity contribution in [2.75, 3.05) is 19.8 Å². The van der Waals surface area contributed by atoms with Crippen LogP contribution in [0.1, 0.15) is 186 Å². The van der Waals surface area contributed by atoms with Gasteiger partial charge in [-0.05, 0) is 159 Å². The average molecular weight is 772 g/mol. The summed E-state index contributed by atoms with van der Waals surface area (Å²) in [5, 5.41) is 12.1. The van der Waals surface area contributed by atoms with Crippen LogP contribution in [0, 0.1) is 51.8 Å². The fourth-order valence-electron chi connectivity index (χ4n) is 12.2. The molecule has 4 rings (SSSR count). The fourth-order valence-corrected chi connectivity index (χ4v) is 12.2. The van der Waals surface area contributed by atoms with Gasteiger partial charge in [-0.1, -0.05) is 79.4 Å². The van der Waals surface area contributed by atoms with E-state index in [9.17, 15) is 9.59 Å². The molecule has 55 heavy (non-hydrogen) atoms. The Labute approximate surface area is 337 Å². The van der Waals surface area contributed by atoms with Crippen molar-refractivity contribution in [1.82, 2.24) is 5.32 Å². The van der Waals surface area contributed by atoms with E-state index in [1.165, 1.54) is 57.8 Å². The summed E-state index contributed by atoms with van der Waals surface area (Å²) < 4.78 is 18.9. The molecule has 0 radical (unpaired) electrons. The van der Waals surface area contributed by atoms with E-state index in [1.54, 1.807) is 5.57 Å². The zero-order valence-electron chi connectivity index (χ0n) is 37.8. The Morgan fingerprint density at radius 1 is 0.855 bits per heavy atom. The number of rotatable bonds is 21. The smallest absolute Gasteiger partial charge is 0.305 e. The SMILES string of the molecule is CC(C)CCCC(C)C1CCC2C3CC=C4CC(OC(C)(C)CC(C)(C)C(=O)NCCC(C)(C)OCCC(C)(C)OCCC(=O)O)CCC4(C)C3CCC12C. The highest BCUT2D eigenvalue weighted by molar-refractivity contribution is 5.81. The van der Waals surface area contributed by atoms with Gasteiger partial charge in [-0.2, -0.15) is 0 Å². The van der Waals surface area contributed by atoms with Crippen LogP contribution in [0.2, 0.25) is 0 Å². The van der Waals surface area contributed by atoms with E-state index in [2.05, 4.69) is 59.9 Å². The fraction of sp³-hybridized carbons (Fsp3) is 0.917. The third kappa shape index (κ3) is 12.1. The number of amides is 1. The normalized spacial score (nSPS) is 30.7. The summed E-state index contributed by atoms with van der Waals surface area (Å²) in [5.74, 6) is 4.29. The molecule has 0 aromatic heterocycles. The number of carboxylic acids is 1. The number of nitrogens with one attached hydrogen (secondary N) is 1. The second kappa shape index (κ2) is 18.2. The molecule has 0 aromatic rings. The summed E-state index contributed by atoms with van der Waals surface area (Å²) in [6.45, 7) is 30.3. The van der Waals surface area contributed by atoms with Gasteiger partial charge >= 0.3 is 5.97 Å². The maximum Gasteiger partial charge on any atom is 0.305 e. The second-order valence-electron chi connectivity index (χ2n) is 22.2. The zero-order valence-corrected chi connectivity index (χ0v) is 37.8. The van der Waals surface area contributed by atoms with Gasteiger partial charge in [-0.15, -0.1) is 0 Å². The molecule has 8 atom stereocenters. The van der Waals surface area contributed by atoms with Gasteiger partial charge in [-0.3, -0.25) is 9.59 Å². The monoisotopic (exact) mass is 772 g/mol. The summed E-state index contributed by atoms with van der Waals surface area (Å²) in [7, 11) is 0. The standard InChI is InChI=1S/C48H85NO6/c1-33(2)15-14-16-34(3)38-19-20-39-37-18-17-35-31-36(21-24-47(35,12)40(37)22-25-48(38,39)13)55-46(10,11)32-43(4,5)42(52)49-28-26-44(6,7)54-30-27-45(8,9)53-29-23-41(50)51/h17,33-34,36-40H,14-16,18-32H2,1-13H3,(H,49,52)(H,50,51). The molecule has 0 spiro atoms. The quantitative estimate of drug-likeness (QED) is 0.113. The Hall–Kier alpha value is -1.44. The van der Waals surface area contributed by atoms with Crippen molar-refractivity contribution in [2.45, 2.75) is 209 Å². The first kappa shape index (κ1) is 46.3. The van der Waals surface area contributed by atoms with Crippen molar-refractivity contribution < 1.29 is 28.9 Å². The van der Waals surface area contributed by atoms with Crippen molar-refractivity contribution in [3.63, 3.8) is 0 Å². The number of fused-ring (bicyclic) bond motifs is 5. The number of aliphatic carboxylic acids is 1. The van der Waals surface area contributed by atoms with Crippen molar-refractivity contribution >= 4 is 11.9 Å². The van der Waals surface area contributed by atoms with Crippen LogP contribution in [0.5, 0.6) is 0 Å². The summed E-state index contributed by atoms with van der Waals surface area (Å²) >= 11 is 0. The molecule has 7 heteroatoms. The summed E-state index contributed by atoms with van der Waals surface area (Å²) in [6.07, 6.45) is 19.4. The third-order valence-corrected chi connectivity index (χ3v) is 15.2. The number of carbonyl (C=O) groups is 2. The Balaban J connectivity index is 1.25. The second-order valence-corrected chi connectivity index (χ2v) is 22.2. The average Bonchev–Trinajstić information content (AvgIpc) is 3.40. The first-order valence-electron chi connectivity index (χ1n) is 22.6. The number of carbonyl (C=O) groups excluding carboxylic acids is 1. The first-order chi connectivity index (χ1) is 25.4. The van der Waals surface area contributed by atoms with Crippen LogP contribution in [-0.2, 0) is 23.8 Å². The molecule has 2 N–H and O–H groups in total. The zero-order chi connectivity index (χ0) is 41.0. The third-order valence-electron chi connectivity index (χ3n) is 15.2. The lowest BCUT2D eigenvalue weighted by Gasteiger charge is -2.58. The molecule has 0 aromatic carbocycles. The molecule has 3 fully saturated rings. The highest BCUT2D eigenvalue weighted by Gasteiger charge is 2.59.